The normalized spacial score (nSPS) is 9.56. The fraction of sp³-hybridized carbons (Fsp3) is 0. The molecule has 1 heterocycles. The van der Waals surface area contributed by atoms with Crippen LogP contribution in [0.5, 0.6) is 0 Å². The maximum atomic E-state index is 12.5. The number of pyridine rings is 1. The zero-order chi connectivity index (χ0) is 6.85. The molecule has 1 rings (SSSR count). The molecule has 0 radical (unpaired) electrons. The first-order valence-electron chi connectivity index (χ1n) is 2.27. The third-order valence-electron chi connectivity index (χ3n) is 0.869. The van der Waals surface area contributed by atoms with Crippen LogP contribution in [-0.2, 0) is 0 Å². The second-order valence-electron chi connectivity index (χ2n) is 1.49. The van der Waals surface area contributed by atoms with Gasteiger partial charge in [-0.2, -0.15) is 0 Å². The Morgan fingerprint density at radius 1 is 1.67 bits per heavy atom. The molecule has 0 spiro atoms. The molecule has 2 nitrogen and oxygen atoms in total. The first-order chi connectivity index (χ1) is 4.22. The van der Waals surface area contributed by atoms with Crippen molar-refractivity contribution in [3.05, 3.63) is 21.7 Å². The molecule has 0 unspecified atom stereocenters. The quantitative estimate of drug-likeness (QED) is 0.694. The molecule has 0 aromatic carbocycles. The van der Waals surface area contributed by atoms with E-state index in [1.54, 1.807) is 6.07 Å². The summed E-state index contributed by atoms with van der Waals surface area (Å²) in [4.78, 5) is 3.54. The predicted octanol–water partition coefficient (Wildman–Crippen LogP) is 1.41. The molecule has 2 N–H and O–H groups in total. The van der Waals surface area contributed by atoms with Gasteiger partial charge in [0.05, 0.1) is 3.57 Å². The number of halogens is 2. The van der Waals surface area contributed by atoms with Gasteiger partial charge in [0, 0.05) is 6.20 Å². The Bertz CT molecular complexity index is 206. The molecule has 0 fully saturated rings. The zero-order valence-corrected chi connectivity index (χ0v) is 6.59. The molecular weight excluding hydrogens is 234 g/mol. The van der Waals surface area contributed by atoms with Gasteiger partial charge in [-0.3, -0.25) is 0 Å². The summed E-state index contributed by atoms with van der Waals surface area (Å²) in [7, 11) is 0. The first-order valence-corrected chi connectivity index (χ1v) is 3.35. The van der Waals surface area contributed by atoms with Crippen LogP contribution in [0, 0.1) is 9.39 Å². The van der Waals surface area contributed by atoms with Crippen molar-refractivity contribution in [1.82, 2.24) is 4.98 Å². The summed E-state index contributed by atoms with van der Waals surface area (Å²) in [5.41, 5.74) is 5.13. The minimum absolute atomic E-state index is 0.0399. The zero-order valence-electron chi connectivity index (χ0n) is 4.44. The van der Waals surface area contributed by atoms with E-state index in [0.29, 0.717) is 3.57 Å². The summed E-state index contributed by atoms with van der Waals surface area (Å²) in [6.45, 7) is 0. The Hall–Kier alpha value is -0.390. The molecule has 1 aromatic rings. The van der Waals surface area contributed by atoms with E-state index in [0.717, 1.165) is 0 Å². The number of rotatable bonds is 0. The predicted molar refractivity (Wildman–Crippen MR) is 41.3 cm³/mol. The van der Waals surface area contributed by atoms with E-state index in [4.69, 9.17) is 5.73 Å². The third-order valence-corrected chi connectivity index (χ3v) is 1.70. The van der Waals surface area contributed by atoms with Crippen LogP contribution < -0.4 is 5.73 Å². The van der Waals surface area contributed by atoms with Crippen molar-refractivity contribution >= 4 is 28.4 Å². The highest BCUT2D eigenvalue weighted by molar-refractivity contribution is 14.1. The average Bonchev–Trinajstić information content (AvgIpc) is 1.83. The van der Waals surface area contributed by atoms with Gasteiger partial charge >= 0.3 is 0 Å². The molecule has 0 atom stereocenters. The minimum atomic E-state index is -0.432. The Morgan fingerprint density at radius 3 is 2.78 bits per heavy atom. The number of nitrogens with two attached hydrogens (primary N) is 1. The Morgan fingerprint density at radius 2 is 2.33 bits per heavy atom. The van der Waals surface area contributed by atoms with Crippen LogP contribution in [0.1, 0.15) is 0 Å². The lowest BCUT2D eigenvalue weighted by Gasteiger charge is -1.94. The highest BCUT2D eigenvalue weighted by atomic mass is 127. The molecule has 0 bridgehead atoms. The van der Waals surface area contributed by atoms with Crippen molar-refractivity contribution in [3.63, 3.8) is 0 Å². The van der Waals surface area contributed by atoms with Gasteiger partial charge < -0.3 is 5.73 Å². The number of nitrogen functional groups attached to an aromatic ring is 1. The SMILES string of the molecule is Nc1nccc(I)c1F. The van der Waals surface area contributed by atoms with Gasteiger partial charge in [-0.05, 0) is 28.7 Å². The van der Waals surface area contributed by atoms with E-state index in [9.17, 15) is 4.39 Å². The van der Waals surface area contributed by atoms with Crippen molar-refractivity contribution in [2.75, 3.05) is 5.73 Å². The number of anilines is 1. The molecule has 0 amide bonds. The second-order valence-corrected chi connectivity index (χ2v) is 2.65. The first kappa shape index (κ1) is 6.73. The number of hydrogen-bond acceptors (Lipinski definition) is 2. The smallest absolute Gasteiger partial charge is 0.178 e. The molecule has 9 heavy (non-hydrogen) atoms. The Balaban J connectivity index is 3.25. The average molecular weight is 238 g/mol. The van der Waals surface area contributed by atoms with Crippen LogP contribution >= 0.6 is 22.6 Å². The van der Waals surface area contributed by atoms with Gasteiger partial charge in [0.15, 0.2) is 11.6 Å². The van der Waals surface area contributed by atoms with Crippen molar-refractivity contribution < 1.29 is 4.39 Å². The lowest BCUT2D eigenvalue weighted by molar-refractivity contribution is 0.619. The molecule has 1 aromatic heterocycles. The highest BCUT2D eigenvalue weighted by Gasteiger charge is 2.00. The van der Waals surface area contributed by atoms with Crippen LogP contribution in [0.2, 0.25) is 0 Å². The summed E-state index contributed by atoms with van der Waals surface area (Å²) in [6, 6.07) is 1.56. The highest BCUT2D eigenvalue weighted by Crippen LogP contribution is 2.12. The lowest BCUT2D eigenvalue weighted by atomic mass is 10.4. The summed E-state index contributed by atoms with van der Waals surface area (Å²) in [5, 5.41) is 0. The van der Waals surface area contributed by atoms with Crippen LogP contribution in [0.4, 0.5) is 10.2 Å². The molecule has 0 saturated carbocycles. The molecular formula is C5H4FIN2. The van der Waals surface area contributed by atoms with Gasteiger partial charge in [0.2, 0.25) is 0 Å². The monoisotopic (exact) mass is 238 g/mol. The van der Waals surface area contributed by atoms with Gasteiger partial charge in [-0.25, -0.2) is 9.37 Å². The molecule has 48 valence electrons. The molecule has 0 saturated heterocycles. The summed E-state index contributed by atoms with van der Waals surface area (Å²) < 4.78 is 13.0. The van der Waals surface area contributed by atoms with E-state index >= 15 is 0 Å². The molecule has 0 aliphatic rings. The van der Waals surface area contributed by atoms with Crippen molar-refractivity contribution in [2.45, 2.75) is 0 Å². The number of nitrogens with zero attached hydrogens (tertiary/aromatic N) is 1. The van der Waals surface area contributed by atoms with E-state index in [1.807, 2.05) is 22.6 Å². The molecule has 0 aliphatic heterocycles. The fourth-order valence-corrected chi connectivity index (χ4v) is 0.872. The van der Waals surface area contributed by atoms with Gasteiger partial charge in [-0.1, -0.05) is 0 Å². The number of hydrogen-bond donors (Lipinski definition) is 1. The number of aromatic nitrogens is 1. The van der Waals surface area contributed by atoms with Crippen LogP contribution in [-0.4, -0.2) is 4.98 Å². The van der Waals surface area contributed by atoms with Gasteiger partial charge in [-0.15, -0.1) is 0 Å². The van der Waals surface area contributed by atoms with Crippen molar-refractivity contribution in [3.8, 4) is 0 Å². The third kappa shape index (κ3) is 1.29. The Kier molecular flexibility index (Phi) is 1.84. The Labute approximate surface area is 65.4 Å². The largest absolute Gasteiger partial charge is 0.381 e. The van der Waals surface area contributed by atoms with Crippen molar-refractivity contribution in [2.24, 2.45) is 0 Å². The molecule has 0 aliphatic carbocycles. The topological polar surface area (TPSA) is 38.9 Å². The van der Waals surface area contributed by atoms with E-state index in [-0.39, 0.29) is 5.82 Å². The van der Waals surface area contributed by atoms with Gasteiger partial charge in [0.25, 0.3) is 0 Å². The fourth-order valence-electron chi connectivity index (χ4n) is 0.435. The maximum Gasteiger partial charge on any atom is 0.178 e. The van der Waals surface area contributed by atoms with E-state index in [2.05, 4.69) is 4.98 Å². The van der Waals surface area contributed by atoms with Crippen LogP contribution in [0.25, 0.3) is 0 Å². The lowest BCUT2D eigenvalue weighted by Crippen LogP contribution is -1.95. The summed E-state index contributed by atoms with van der Waals surface area (Å²) in [6.07, 6.45) is 1.47. The van der Waals surface area contributed by atoms with Gasteiger partial charge in [0.1, 0.15) is 0 Å². The van der Waals surface area contributed by atoms with Crippen LogP contribution in [0.3, 0.4) is 0 Å². The minimum Gasteiger partial charge on any atom is -0.381 e. The second kappa shape index (κ2) is 2.47. The maximum absolute atomic E-state index is 12.5. The molecule has 4 heteroatoms. The van der Waals surface area contributed by atoms with Crippen molar-refractivity contribution in [1.29, 1.82) is 0 Å². The van der Waals surface area contributed by atoms with E-state index < -0.39 is 5.82 Å². The standard InChI is InChI=1S/C5H4FIN2/c6-4-3(7)1-2-9-5(4)8/h1-2H,(H2,8,9). The van der Waals surface area contributed by atoms with Crippen LogP contribution in [0.15, 0.2) is 12.3 Å². The van der Waals surface area contributed by atoms with E-state index in [1.165, 1.54) is 6.20 Å². The summed E-state index contributed by atoms with van der Waals surface area (Å²) >= 11 is 1.85. The summed E-state index contributed by atoms with van der Waals surface area (Å²) in [5.74, 6) is -0.472.